The molecule has 0 saturated carbocycles. The van der Waals surface area contributed by atoms with Gasteiger partial charge in [-0.15, -0.1) is 11.3 Å². The van der Waals surface area contributed by atoms with Crippen molar-refractivity contribution in [1.82, 2.24) is 10.3 Å². The van der Waals surface area contributed by atoms with Gasteiger partial charge in [0.25, 0.3) is 5.91 Å². The smallest absolute Gasteiger partial charge is 0.251 e. The third-order valence-electron chi connectivity index (χ3n) is 4.35. The molecule has 1 aliphatic carbocycles. The van der Waals surface area contributed by atoms with Crippen LogP contribution in [-0.4, -0.2) is 10.9 Å². The molecule has 0 unspecified atom stereocenters. The maximum atomic E-state index is 12.4. The van der Waals surface area contributed by atoms with Crippen molar-refractivity contribution in [2.45, 2.75) is 32.2 Å². The second-order valence-electron chi connectivity index (χ2n) is 5.95. The van der Waals surface area contributed by atoms with Crippen LogP contribution in [0.5, 0.6) is 0 Å². The second-order valence-corrected chi connectivity index (χ2v) is 7.06. The molecule has 0 saturated heterocycles. The number of aromatic nitrogens is 1. The number of amides is 1. The minimum Gasteiger partial charge on any atom is -0.346 e. The zero-order valence-electron chi connectivity index (χ0n) is 12.8. The summed E-state index contributed by atoms with van der Waals surface area (Å²) in [5.41, 5.74) is 4.49. The minimum atomic E-state index is -0.0161. The van der Waals surface area contributed by atoms with Crippen LogP contribution in [-0.2, 0) is 19.4 Å². The number of fused-ring (bicyclic) bond motifs is 2. The summed E-state index contributed by atoms with van der Waals surface area (Å²) in [4.78, 5) is 16.9. The van der Waals surface area contributed by atoms with Gasteiger partial charge < -0.3 is 5.32 Å². The highest BCUT2D eigenvalue weighted by atomic mass is 32.1. The van der Waals surface area contributed by atoms with Gasteiger partial charge in [0.15, 0.2) is 0 Å². The Kier molecular flexibility index (Phi) is 3.83. The lowest BCUT2D eigenvalue weighted by molar-refractivity contribution is 0.0950. The summed E-state index contributed by atoms with van der Waals surface area (Å²) in [5.74, 6) is -0.0161. The maximum Gasteiger partial charge on any atom is 0.251 e. The van der Waals surface area contributed by atoms with Crippen LogP contribution < -0.4 is 5.32 Å². The number of para-hydroxylation sites is 1. The standard InChI is InChI=1S/C19H18N2OS/c22-19(15-10-9-13-5-1-2-6-14(13)11-15)20-12-18-21-16-7-3-4-8-17(16)23-18/h3-4,7-11H,1-2,5-6,12H2,(H,20,22). The summed E-state index contributed by atoms with van der Waals surface area (Å²) in [6.45, 7) is 0.481. The van der Waals surface area contributed by atoms with E-state index in [1.54, 1.807) is 11.3 Å². The van der Waals surface area contributed by atoms with Gasteiger partial charge in [-0.25, -0.2) is 4.98 Å². The highest BCUT2D eigenvalue weighted by molar-refractivity contribution is 7.18. The molecular weight excluding hydrogens is 304 g/mol. The van der Waals surface area contributed by atoms with Gasteiger partial charge in [-0.05, 0) is 61.1 Å². The average Bonchev–Trinajstić information content (AvgIpc) is 3.02. The lowest BCUT2D eigenvalue weighted by Gasteiger charge is -2.16. The van der Waals surface area contributed by atoms with Gasteiger partial charge in [-0.1, -0.05) is 18.2 Å². The van der Waals surface area contributed by atoms with Gasteiger partial charge in [-0.2, -0.15) is 0 Å². The topological polar surface area (TPSA) is 42.0 Å². The lowest BCUT2D eigenvalue weighted by Crippen LogP contribution is -2.23. The van der Waals surface area contributed by atoms with Crippen molar-refractivity contribution in [3.63, 3.8) is 0 Å². The van der Waals surface area contributed by atoms with Gasteiger partial charge in [0.2, 0.25) is 0 Å². The Hall–Kier alpha value is -2.20. The normalized spacial score (nSPS) is 13.7. The van der Waals surface area contributed by atoms with Gasteiger partial charge in [-0.3, -0.25) is 4.79 Å². The first-order valence-electron chi connectivity index (χ1n) is 8.04. The van der Waals surface area contributed by atoms with E-state index in [4.69, 9.17) is 0 Å². The summed E-state index contributed by atoms with van der Waals surface area (Å²) in [6, 6.07) is 14.2. The van der Waals surface area contributed by atoms with E-state index in [9.17, 15) is 4.79 Å². The molecule has 0 atom stereocenters. The fourth-order valence-corrected chi connectivity index (χ4v) is 4.04. The third kappa shape index (κ3) is 2.99. The molecule has 1 heterocycles. The first-order valence-corrected chi connectivity index (χ1v) is 8.86. The van der Waals surface area contributed by atoms with E-state index in [2.05, 4.69) is 28.5 Å². The minimum absolute atomic E-state index is 0.0161. The van der Waals surface area contributed by atoms with Crippen molar-refractivity contribution < 1.29 is 4.79 Å². The molecule has 1 amide bonds. The molecule has 1 aromatic heterocycles. The Labute approximate surface area is 139 Å². The summed E-state index contributed by atoms with van der Waals surface area (Å²) in [7, 11) is 0. The van der Waals surface area contributed by atoms with Crippen LogP contribution in [0.3, 0.4) is 0 Å². The van der Waals surface area contributed by atoms with E-state index in [0.717, 1.165) is 33.6 Å². The second kappa shape index (κ2) is 6.13. The molecule has 0 aliphatic heterocycles. The summed E-state index contributed by atoms with van der Waals surface area (Å²) in [5, 5.41) is 3.93. The molecule has 4 rings (SSSR count). The average molecular weight is 322 g/mol. The number of nitrogens with zero attached hydrogens (tertiary/aromatic N) is 1. The number of carbonyl (C=O) groups is 1. The van der Waals surface area contributed by atoms with Crippen LogP contribution >= 0.6 is 11.3 Å². The highest BCUT2D eigenvalue weighted by Gasteiger charge is 2.13. The van der Waals surface area contributed by atoms with E-state index < -0.39 is 0 Å². The molecule has 0 fully saturated rings. The number of benzene rings is 2. The Morgan fingerprint density at radius 2 is 1.91 bits per heavy atom. The molecule has 0 spiro atoms. The number of thiazole rings is 1. The van der Waals surface area contributed by atoms with Gasteiger partial charge in [0, 0.05) is 5.56 Å². The zero-order valence-corrected chi connectivity index (χ0v) is 13.7. The predicted molar refractivity (Wildman–Crippen MR) is 93.9 cm³/mol. The van der Waals surface area contributed by atoms with Crippen molar-refractivity contribution in [1.29, 1.82) is 0 Å². The van der Waals surface area contributed by atoms with Crippen molar-refractivity contribution in [3.8, 4) is 0 Å². The molecule has 116 valence electrons. The lowest BCUT2D eigenvalue weighted by atomic mass is 9.90. The quantitative estimate of drug-likeness (QED) is 0.788. The fraction of sp³-hybridized carbons (Fsp3) is 0.263. The number of hydrogen-bond acceptors (Lipinski definition) is 3. The number of aryl methyl sites for hydroxylation is 2. The molecule has 23 heavy (non-hydrogen) atoms. The molecular formula is C19H18N2OS. The van der Waals surface area contributed by atoms with E-state index in [1.807, 2.05) is 24.3 Å². The predicted octanol–water partition coefficient (Wildman–Crippen LogP) is 4.11. The monoisotopic (exact) mass is 322 g/mol. The summed E-state index contributed by atoms with van der Waals surface area (Å²) < 4.78 is 1.16. The molecule has 1 N–H and O–H groups in total. The van der Waals surface area contributed by atoms with E-state index in [-0.39, 0.29) is 5.91 Å². The third-order valence-corrected chi connectivity index (χ3v) is 5.39. The van der Waals surface area contributed by atoms with E-state index in [0.29, 0.717) is 6.54 Å². The Balaban J connectivity index is 1.47. The van der Waals surface area contributed by atoms with Crippen LogP contribution in [0.15, 0.2) is 42.5 Å². The first kappa shape index (κ1) is 14.4. The summed E-state index contributed by atoms with van der Waals surface area (Å²) in [6.07, 6.45) is 4.72. The molecule has 1 aliphatic rings. The van der Waals surface area contributed by atoms with Gasteiger partial charge in [0.05, 0.1) is 16.8 Å². The van der Waals surface area contributed by atoms with Crippen molar-refractivity contribution in [2.75, 3.05) is 0 Å². The SMILES string of the molecule is O=C(NCc1nc2ccccc2s1)c1ccc2c(c1)CCCC2. The van der Waals surface area contributed by atoms with Crippen LogP contribution in [0.4, 0.5) is 0 Å². The van der Waals surface area contributed by atoms with Crippen molar-refractivity contribution in [3.05, 3.63) is 64.2 Å². The van der Waals surface area contributed by atoms with Gasteiger partial charge >= 0.3 is 0 Å². The summed E-state index contributed by atoms with van der Waals surface area (Å²) >= 11 is 1.63. The Bertz CT molecular complexity index is 836. The first-order chi connectivity index (χ1) is 11.3. The molecule has 3 aromatic rings. The Morgan fingerprint density at radius 3 is 2.78 bits per heavy atom. The molecule has 0 radical (unpaired) electrons. The van der Waals surface area contributed by atoms with Gasteiger partial charge in [0.1, 0.15) is 5.01 Å². The van der Waals surface area contributed by atoms with Crippen LogP contribution in [0.2, 0.25) is 0 Å². The molecule has 2 aromatic carbocycles. The number of nitrogens with one attached hydrogen (secondary N) is 1. The zero-order chi connectivity index (χ0) is 15.6. The molecule has 4 heteroatoms. The molecule has 0 bridgehead atoms. The fourth-order valence-electron chi connectivity index (χ4n) is 3.13. The molecule has 3 nitrogen and oxygen atoms in total. The Morgan fingerprint density at radius 1 is 1.09 bits per heavy atom. The van der Waals surface area contributed by atoms with Crippen LogP contribution in [0, 0.1) is 0 Å². The number of hydrogen-bond donors (Lipinski definition) is 1. The highest BCUT2D eigenvalue weighted by Crippen LogP contribution is 2.23. The van der Waals surface area contributed by atoms with Crippen molar-refractivity contribution >= 4 is 27.5 Å². The largest absolute Gasteiger partial charge is 0.346 e. The number of carbonyl (C=O) groups excluding carboxylic acids is 1. The van der Waals surface area contributed by atoms with E-state index in [1.165, 1.54) is 24.0 Å². The van der Waals surface area contributed by atoms with E-state index >= 15 is 0 Å². The van der Waals surface area contributed by atoms with Crippen molar-refractivity contribution in [2.24, 2.45) is 0 Å². The maximum absolute atomic E-state index is 12.4. The number of rotatable bonds is 3. The van der Waals surface area contributed by atoms with Crippen LogP contribution in [0.25, 0.3) is 10.2 Å². The van der Waals surface area contributed by atoms with Crippen LogP contribution in [0.1, 0.15) is 39.3 Å².